The third-order valence-electron chi connectivity index (χ3n) is 5.06. The third-order valence-corrected chi connectivity index (χ3v) is 5.06. The summed E-state index contributed by atoms with van der Waals surface area (Å²) in [6.45, 7) is 3.38. The minimum absolute atomic E-state index is 0.0478. The summed E-state index contributed by atoms with van der Waals surface area (Å²) in [5.74, 6) is -0.177. The van der Waals surface area contributed by atoms with Crippen LogP contribution in [0.15, 0.2) is 30.3 Å². The lowest BCUT2D eigenvalue weighted by atomic mass is 9.81. The Morgan fingerprint density at radius 3 is 2.42 bits per heavy atom. The van der Waals surface area contributed by atoms with Gasteiger partial charge >= 0.3 is 0 Å². The van der Waals surface area contributed by atoms with Crippen LogP contribution < -0.4 is 5.32 Å². The lowest BCUT2D eigenvalue weighted by Crippen LogP contribution is -2.77. The maximum Gasteiger partial charge on any atom is 0.251 e. The highest BCUT2D eigenvalue weighted by molar-refractivity contribution is 5.95. The van der Waals surface area contributed by atoms with Crippen molar-refractivity contribution < 1.29 is 19.1 Å². The number of hydrogen-bond donors (Lipinski definition) is 1. The number of methoxy groups -OCH3 is 1. The topological polar surface area (TPSA) is 67.9 Å². The van der Waals surface area contributed by atoms with Gasteiger partial charge in [0.25, 0.3) is 5.91 Å². The zero-order valence-corrected chi connectivity index (χ0v) is 14.2. The van der Waals surface area contributed by atoms with Gasteiger partial charge in [-0.05, 0) is 31.9 Å². The molecule has 0 aromatic heterocycles. The Bertz CT molecular complexity index is 607. The Kier molecular flexibility index (Phi) is 4.60. The van der Waals surface area contributed by atoms with Gasteiger partial charge in [0, 0.05) is 32.4 Å². The van der Waals surface area contributed by atoms with Gasteiger partial charge < -0.3 is 19.7 Å². The second-order valence-corrected chi connectivity index (χ2v) is 6.49. The van der Waals surface area contributed by atoms with Crippen molar-refractivity contribution >= 4 is 11.8 Å². The number of amides is 2. The van der Waals surface area contributed by atoms with Crippen LogP contribution >= 0.6 is 0 Å². The Morgan fingerprint density at radius 1 is 1.21 bits per heavy atom. The zero-order valence-electron chi connectivity index (χ0n) is 14.2. The van der Waals surface area contributed by atoms with Gasteiger partial charge in [0.2, 0.25) is 5.91 Å². The largest absolute Gasteiger partial charge is 0.376 e. The molecular formula is C18H24N2O4. The van der Waals surface area contributed by atoms with E-state index < -0.39 is 5.54 Å². The standard InChI is InChI=1S/C18H24N2O4/c1-3-24-11-15(21)20-12-17(13-20,18(23-2)9-10-18)19-16(22)14-7-5-4-6-8-14/h4-8H,3,9-13H2,1-2H3,(H,19,22). The summed E-state index contributed by atoms with van der Waals surface area (Å²) in [5, 5.41) is 3.14. The van der Waals surface area contributed by atoms with Crippen molar-refractivity contribution in [1.82, 2.24) is 10.2 Å². The van der Waals surface area contributed by atoms with Gasteiger partial charge in [-0.1, -0.05) is 18.2 Å². The molecule has 6 nitrogen and oxygen atoms in total. The molecule has 1 saturated heterocycles. The van der Waals surface area contributed by atoms with E-state index >= 15 is 0 Å². The van der Waals surface area contributed by atoms with Crippen LogP contribution in [0.4, 0.5) is 0 Å². The van der Waals surface area contributed by atoms with E-state index in [0.29, 0.717) is 25.3 Å². The first-order valence-corrected chi connectivity index (χ1v) is 8.34. The number of likely N-dealkylation sites (tertiary alicyclic amines) is 1. The van der Waals surface area contributed by atoms with Crippen molar-refractivity contribution in [3.05, 3.63) is 35.9 Å². The SMILES string of the molecule is CCOCC(=O)N1CC(NC(=O)c2ccccc2)(C2(OC)CC2)C1. The van der Waals surface area contributed by atoms with E-state index in [-0.39, 0.29) is 24.0 Å². The molecular weight excluding hydrogens is 308 g/mol. The number of carbonyl (C=O) groups is 2. The summed E-state index contributed by atoms with van der Waals surface area (Å²) in [6.07, 6.45) is 1.79. The summed E-state index contributed by atoms with van der Waals surface area (Å²) >= 11 is 0. The van der Waals surface area contributed by atoms with Crippen molar-refractivity contribution in [3.63, 3.8) is 0 Å². The quantitative estimate of drug-likeness (QED) is 0.815. The number of nitrogens with zero attached hydrogens (tertiary/aromatic N) is 1. The van der Waals surface area contributed by atoms with E-state index in [1.165, 1.54) is 0 Å². The highest BCUT2D eigenvalue weighted by Gasteiger charge is 2.66. The monoisotopic (exact) mass is 332 g/mol. The molecule has 0 radical (unpaired) electrons. The van der Waals surface area contributed by atoms with E-state index in [4.69, 9.17) is 9.47 Å². The number of ether oxygens (including phenoxy) is 2. The summed E-state index contributed by atoms with van der Waals surface area (Å²) in [4.78, 5) is 26.4. The number of hydrogen-bond acceptors (Lipinski definition) is 4. The average molecular weight is 332 g/mol. The highest BCUT2D eigenvalue weighted by atomic mass is 16.5. The molecule has 2 fully saturated rings. The predicted octanol–water partition coefficient (Wildman–Crippen LogP) is 1.21. The Hall–Kier alpha value is -1.92. The van der Waals surface area contributed by atoms with Crippen LogP contribution in [0.3, 0.4) is 0 Å². The zero-order chi connectivity index (χ0) is 17.2. The van der Waals surface area contributed by atoms with E-state index in [1.807, 2.05) is 25.1 Å². The maximum absolute atomic E-state index is 12.6. The van der Waals surface area contributed by atoms with Gasteiger partial charge in [-0.25, -0.2) is 0 Å². The number of benzene rings is 1. The predicted molar refractivity (Wildman–Crippen MR) is 88.7 cm³/mol. The molecule has 2 amide bonds. The first-order valence-electron chi connectivity index (χ1n) is 8.34. The van der Waals surface area contributed by atoms with Crippen molar-refractivity contribution in [2.75, 3.05) is 33.4 Å². The molecule has 130 valence electrons. The summed E-state index contributed by atoms with van der Waals surface area (Å²) in [7, 11) is 1.67. The molecule has 1 saturated carbocycles. The fourth-order valence-electron chi connectivity index (χ4n) is 3.41. The summed E-state index contributed by atoms with van der Waals surface area (Å²) in [5.41, 5.74) is -0.265. The molecule has 1 aliphatic heterocycles. The van der Waals surface area contributed by atoms with Crippen LogP contribution in [0.5, 0.6) is 0 Å². The van der Waals surface area contributed by atoms with Gasteiger partial charge in [0.05, 0.1) is 5.60 Å². The Labute approximate surface area is 142 Å². The molecule has 3 rings (SSSR count). The molecule has 1 aromatic rings. The minimum Gasteiger partial charge on any atom is -0.376 e. The lowest BCUT2D eigenvalue weighted by Gasteiger charge is -2.54. The molecule has 1 N–H and O–H groups in total. The smallest absolute Gasteiger partial charge is 0.251 e. The van der Waals surface area contributed by atoms with Gasteiger partial charge in [0.1, 0.15) is 12.1 Å². The molecule has 2 aliphatic rings. The Morgan fingerprint density at radius 2 is 1.88 bits per heavy atom. The van der Waals surface area contributed by atoms with Crippen LogP contribution in [-0.4, -0.2) is 61.3 Å². The van der Waals surface area contributed by atoms with Crippen molar-refractivity contribution in [2.45, 2.75) is 30.9 Å². The van der Waals surface area contributed by atoms with E-state index in [9.17, 15) is 9.59 Å². The third kappa shape index (κ3) is 2.91. The fourth-order valence-corrected chi connectivity index (χ4v) is 3.41. The first kappa shape index (κ1) is 16.9. The van der Waals surface area contributed by atoms with E-state index in [2.05, 4.69) is 5.32 Å². The molecule has 1 aliphatic carbocycles. The highest BCUT2D eigenvalue weighted by Crippen LogP contribution is 2.51. The van der Waals surface area contributed by atoms with Crippen LogP contribution in [0.2, 0.25) is 0 Å². The second kappa shape index (κ2) is 6.53. The van der Waals surface area contributed by atoms with Gasteiger partial charge in [-0.15, -0.1) is 0 Å². The normalized spacial score (nSPS) is 20.2. The lowest BCUT2D eigenvalue weighted by molar-refractivity contribution is -0.152. The second-order valence-electron chi connectivity index (χ2n) is 6.49. The Balaban J connectivity index is 1.70. The number of rotatable bonds is 7. The fraction of sp³-hybridized carbons (Fsp3) is 0.556. The number of carbonyl (C=O) groups excluding carboxylic acids is 2. The van der Waals surface area contributed by atoms with Crippen molar-refractivity contribution in [2.24, 2.45) is 0 Å². The molecule has 6 heteroatoms. The molecule has 0 unspecified atom stereocenters. The molecule has 24 heavy (non-hydrogen) atoms. The van der Waals surface area contributed by atoms with E-state index in [1.54, 1.807) is 24.1 Å². The van der Waals surface area contributed by atoms with Crippen LogP contribution in [-0.2, 0) is 14.3 Å². The van der Waals surface area contributed by atoms with Crippen molar-refractivity contribution in [3.8, 4) is 0 Å². The van der Waals surface area contributed by atoms with Crippen molar-refractivity contribution in [1.29, 1.82) is 0 Å². The maximum atomic E-state index is 12.6. The molecule has 0 atom stereocenters. The van der Waals surface area contributed by atoms with Crippen LogP contribution in [0.1, 0.15) is 30.1 Å². The summed E-state index contributed by atoms with van der Waals surface area (Å²) < 4.78 is 10.9. The molecule has 0 bridgehead atoms. The number of nitrogens with one attached hydrogen (secondary N) is 1. The van der Waals surface area contributed by atoms with Gasteiger partial charge in [-0.2, -0.15) is 0 Å². The first-order chi connectivity index (χ1) is 11.6. The minimum atomic E-state index is -0.517. The summed E-state index contributed by atoms with van der Waals surface area (Å²) in [6, 6.07) is 9.12. The molecule has 1 heterocycles. The van der Waals surface area contributed by atoms with Crippen LogP contribution in [0.25, 0.3) is 0 Å². The van der Waals surface area contributed by atoms with Gasteiger partial charge in [0.15, 0.2) is 0 Å². The van der Waals surface area contributed by atoms with Gasteiger partial charge in [-0.3, -0.25) is 9.59 Å². The molecule has 1 aromatic carbocycles. The average Bonchev–Trinajstić information content (AvgIpc) is 3.37. The van der Waals surface area contributed by atoms with E-state index in [0.717, 1.165) is 12.8 Å². The van der Waals surface area contributed by atoms with Crippen LogP contribution in [0, 0.1) is 0 Å². The molecule has 0 spiro atoms.